The molecule has 0 aliphatic heterocycles. The fraction of sp³-hybridized carbons (Fsp3) is 0.545. The SMILES string of the molecule is CCCOC(=O)[C@](C)(Cc1c[nH]c2ccccc12)N(COC)C(=O)OC(C)(C)C. The van der Waals surface area contributed by atoms with E-state index in [0.29, 0.717) is 6.42 Å². The number of amides is 1. The minimum Gasteiger partial charge on any atom is -0.464 e. The van der Waals surface area contributed by atoms with Gasteiger partial charge in [0.2, 0.25) is 0 Å². The summed E-state index contributed by atoms with van der Waals surface area (Å²) in [5.41, 5.74) is -0.153. The first-order valence-corrected chi connectivity index (χ1v) is 9.84. The van der Waals surface area contributed by atoms with Crippen LogP contribution in [0.1, 0.15) is 46.6 Å². The maximum absolute atomic E-state index is 13.1. The van der Waals surface area contributed by atoms with Gasteiger partial charge in [0.25, 0.3) is 0 Å². The highest BCUT2D eigenvalue weighted by Gasteiger charge is 2.46. The molecule has 0 aliphatic carbocycles. The van der Waals surface area contributed by atoms with Gasteiger partial charge in [-0.15, -0.1) is 0 Å². The van der Waals surface area contributed by atoms with Crippen LogP contribution in [0.3, 0.4) is 0 Å². The van der Waals surface area contributed by atoms with E-state index < -0.39 is 23.2 Å². The zero-order valence-corrected chi connectivity index (χ0v) is 18.2. The number of rotatable bonds is 8. The molecular weight excluding hydrogens is 372 g/mol. The number of carbonyl (C=O) groups is 2. The number of aromatic amines is 1. The Labute approximate surface area is 172 Å². The summed E-state index contributed by atoms with van der Waals surface area (Å²) in [6.45, 7) is 9.13. The van der Waals surface area contributed by atoms with Gasteiger partial charge in [0.15, 0.2) is 0 Å². The Morgan fingerprint density at radius 1 is 1.14 bits per heavy atom. The van der Waals surface area contributed by atoms with Crippen molar-refractivity contribution in [3.05, 3.63) is 36.0 Å². The third kappa shape index (κ3) is 5.50. The van der Waals surface area contributed by atoms with E-state index in [1.54, 1.807) is 27.7 Å². The number of hydrogen-bond donors (Lipinski definition) is 1. The summed E-state index contributed by atoms with van der Waals surface area (Å²) in [4.78, 5) is 30.6. The maximum Gasteiger partial charge on any atom is 0.413 e. The number of H-pyrrole nitrogens is 1. The van der Waals surface area contributed by atoms with E-state index in [9.17, 15) is 9.59 Å². The quantitative estimate of drug-likeness (QED) is 0.525. The van der Waals surface area contributed by atoms with Crippen molar-refractivity contribution in [3.8, 4) is 0 Å². The Hall–Kier alpha value is -2.54. The van der Waals surface area contributed by atoms with Gasteiger partial charge in [-0.1, -0.05) is 25.1 Å². The molecule has 0 bridgehead atoms. The summed E-state index contributed by atoms with van der Waals surface area (Å²) in [6, 6.07) is 7.82. The molecule has 7 heteroatoms. The molecule has 1 N–H and O–H groups in total. The summed E-state index contributed by atoms with van der Waals surface area (Å²) in [5, 5.41) is 0.989. The molecule has 1 amide bonds. The van der Waals surface area contributed by atoms with E-state index in [4.69, 9.17) is 14.2 Å². The first kappa shape index (κ1) is 22.7. The Morgan fingerprint density at radius 2 is 1.83 bits per heavy atom. The van der Waals surface area contributed by atoms with Crippen LogP contribution in [0.25, 0.3) is 10.9 Å². The van der Waals surface area contributed by atoms with Crippen LogP contribution in [-0.2, 0) is 25.4 Å². The van der Waals surface area contributed by atoms with E-state index in [1.165, 1.54) is 12.0 Å². The van der Waals surface area contributed by atoms with Gasteiger partial charge in [-0.2, -0.15) is 0 Å². The summed E-state index contributed by atoms with van der Waals surface area (Å²) in [6.07, 6.45) is 2.17. The van der Waals surface area contributed by atoms with Crippen LogP contribution >= 0.6 is 0 Å². The summed E-state index contributed by atoms with van der Waals surface area (Å²) in [5.74, 6) is -0.493. The van der Waals surface area contributed by atoms with Crippen molar-refractivity contribution in [2.45, 2.75) is 58.6 Å². The lowest BCUT2D eigenvalue weighted by Crippen LogP contribution is -2.58. The summed E-state index contributed by atoms with van der Waals surface area (Å²) in [7, 11) is 1.47. The Balaban J connectivity index is 2.46. The third-order valence-electron chi connectivity index (χ3n) is 4.55. The number of ether oxygens (including phenoxy) is 3. The molecule has 7 nitrogen and oxygen atoms in total. The molecule has 1 aromatic heterocycles. The zero-order chi connectivity index (χ0) is 21.7. The smallest absolute Gasteiger partial charge is 0.413 e. The molecule has 0 saturated carbocycles. The molecule has 29 heavy (non-hydrogen) atoms. The highest BCUT2D eigenvalue weighted by atomic mass is 16.6. The zero-order valence-electron chi connectivity index (χ0n) is 18.2. The second-order valence-corrected chi connectivity index (χ2v) is 8.27. The van der Waals surface area contributed by atoms with E-state index in [2.05, 4.69) is 4.98 Å². The second kappa shape index (κ2) is 9.31. The first-order chi connectivity index (χ1) is 13.6. The number of hydrogen-bond acceptors (Lipinski definition) is 5. The minimum absolute atomic E-state index is 0.102. The number of benzene rings is 1. The molecule has 160 valence electrons. The normalized spacial score (nSPS) is 13.7. The average molecular weight is 405 g/mol. The van der Waals surface area contributed by atoms with E-state index in [-0.39, 0.29) is 19.8 Å². The van der Waals surface area contributed by atoms with Gasteiger partial charge in [0, 0.05) is 30.6 Å². The van der Waals surface area contributed by atoms with E-state index in [0.717, 1.165) is 16.5 Å². The summed E-state index contributed by atoms with van der Waals surface area (Å²) < 4.78 is 16.3. The number of fused-ring (bicyclic) bond motifs is 1. The molecule has 1 atom stereocenters. The van der Waals surface area contributed by atoms with Crippen LogP contribution in [-0.4, -0.2) is 53.5 Å². The van der Waals surface area contributed by atoms with Gasteiger partial charge in [-0.3, -0.25) is 4.90 Å². The molecule has 0 spiro atoms. The van der Waals surface area contributed by atoms with Gasteiger partial charge < -0.3 is 19.2 Å². The fourth-order valence-corrected chi connectivity index (χ4v) is 3.12. The number of carbonyl (C=O) groups excluding carboxylic acids is 2. The lowest BCUT2D eigenvalue weighted by molar-refractivity contribution is -0.160. The van der Waals surface area contributed by atoms with Crippen molar-refractivity contribution >= 4 is 23.0 Å². The van der Waals surface area contributed by atoms with Crippen molar-refractivity contribution < 1.29 is 23.8 Å². The third-order valence-corrected chi connectivity index (χ3v) is 4.55. The van der Waals surface area contributed by atoms with Gasteiger partial charge in [-0.25, -0.2) is 9.59 Å². The lowest BCUT2D eigenvalue weighted by Gasteiger charge is -2.39. The molecule has 0 fully saturated rings. The molecule has 0 saturated heterocycles. The first-order valence-electron chi connectivity index (χ1n) is 9.84. The topological polar surface area (TPSA) is 80.9 Å². The van der Waals surface area contributed by atoms with Gasteiger partial charge >= 0.3 is 12.1 Å². The van der Waals surface area contributed by atoms with Crippen LogP contribution in [0.4, 0.5) is 4.79 Å². The predicted octanol–water partition coefficient (Wildman–Crippen LogP) is 4.26. The second-order valence-electron chi connectivity index (χ2n) is 8.27. The summed E-state index contributed by atoms with van der Waals surface area (Å²) >= 11 is 0. The molecule has 1 heterocycles. The van der Waals surface area contributed by atoms with Crippen molar-refractivity contribution in [2.75, 3.05) is 20.4 Å². The highest BCUT2D eigenvalue weighted by Crippen LogP contribution is 2.29. The average Bonchev–Trinajstić information content (AvgIpc) is 3.05. The van der Waals surface area contributed by atoms with Crippen LogP contribution in [0.15, 0.2) is 30.5 Å². The van der Waals surface area contributed by atoms with Crippen molar-refractivity contribution in [1.29, 1.82) is 0 Å². The standard InChI is InChI=1S/C22H32N2O5/c1-7-12-28-19(25)22(5,24(15-27-6)20(26)29-21(2,3)4)13-16-14-23-18-11-9-8-10-17(16)18/h8-11,14,23H,7,12-13,15H2,1-6H3/t22-/m0/s1. The Kier molecular flexibility index (Phi) is 7.30. The number of para-hydroxylation sites is 1. The van der Waals surface area contributed by atoms with Crippen LogP contribution in [0.2, 0.25) is 0 Å². The number of nitrogens with one attached hydrogen (secondary N) is 1. The minimum atomic E-state index is -1.31. The molecule has 1 aromatic carbocycles. The molecule has 2 rings (SSSR count). The molecule has 0 radical (unpaired) electrons. The number of esters is 1. The van der Waals surface area contributed by atoms with E-state index >= 15 is 0 Å². The van der Waals surface area contributed by atoms with Crippen LogP contribution in [0.5, 0.6) is 0 Å². The Bertz CT molecular complexity index is 839. The highest BCUT2D eigenvalue weighted by molar-refractivity contribution is 5.88. The molecule has 0 unspecified atom stereocenters. The molecule has 2 aromatic rings. The van der Waals surface area contributed by atoms with E-state index in [1.807, 2.05) is 37.4 Å². The fourth-order valence-electron chi connectivity index (χ4n) is 3.12. The largest absolute Gasteiger partial charge is 0.464 e. The monoisotopic (exact) mass is 404 g/mol. The van der Waals surface area contributed by atoms with Gasteiger partial charge in [-0.05, 0) is 45.7 Å². The van der Waals surface area contributed by atoms with Crippen molar-refractivity contribution in [1.82, 2.24) is 9.88 Å². The number of aromatic nitrogens is 1. The number of nitrogens with zero attached hydrogens (tertiary/aromatic N) is 1. The Morgan fingerprint density at radius 3 is 2.45 bits per heavy atom. The predicted molar refractivity (Wildman–Crippen MR) is 112 cm³/mol. The van der Waals surface area contributed by atoms with Gasteiger partial charge in [0.05, 0.1) is 6.61 Å². The van der Waals surface area contributed by atoms with Gasteiger partial charge in [0.1, 0.15) is 17.9 Å². The number of methoxy groups -OCH3 is 1. The van der Waals surface area contributed by atoms with Crippen molar-refractivity contribution in [2.24, 2.45) is 0 Å². The molecule has 0 aliphatic rings. The lowest BCUT2D eigenvalue weighted by atomic mass is 9.91. The molecular formula is C22H32N2O5. The van der Waals surface area contributed by atoms with Crippen LogP contribution in [0, 0.1) is 0 Å². The van der Waals surface area contributed by atoms with Crippen molar-refractivity contribution in [3.63, 3.8) is 0 Å². The van der Waals surface area contributed by atoms with Crippen LogP contribution < -0.4 is 0 Å². The maximum atomic E-state index is 13.1.